The van der Waals surface area contributed by atoms with Crippen molar-refractivity contribution in [3.63, 3.8) is 0 Å². The van der Waals surface area contributed by atoms with Crippen LogP contribution in [0.15, 0.2) is 30.6 Å². The largest absolute Gasteiger partial charge is 0.369 e. The Morgan fingerprint density at radius 2 is 1.58 bits per heavy atom. The molecule has 0 unspecified atom stereocenters. The molecule has 1 aliphatic heterocycles. The van der Waals surface area contributed by atoms with Crippen molar-refractivity contribution < 1.29 is 4.79 Å². The molecular formula is C18H23N5O. The summed E-state index contributed by atoms with van der Waals surface area (Å²) in [7, 11) is 2.15. The lowest BCUT2D eigenvalue weighted by Crippen LogP contribution is -2.44. The molecule has 3 rings (SSSR count). The van der Waals surface area contributed by atoms with Crippen LogP contribution in [-0.2, 0) is 0 Å². The van der Waals surface area contributed by atoms with Gasteiger partial charge in [0.1, 0.15) is 6.33 Å². The highest BCUT2D eigenvalue weighted by molar-refractivity contribution is 6.05. The predicted molar refractivity (Wildman–Crippen MR) is 95.6 cm³/mol. The molecule has 24 heavy (non-hydrogen) atoms. The summed E-state index contributed by atoms with van der Waals surface area (Å²) in [4.78, 5) is 25.4. The molecule has 0 saturated carbocycles. The average Bonchev–Trinajstić information content (AvgIpc) is 2.56. The van der Waals surface area contributed by atoms with Crippen molar-refractivity contribution in [1.82, 2.24) is 14.9 Å². The molecule has 126 valence electrons. The van der Waals surface area contributed by atoms with Crippen LogP contribution in [-0.4, -0.2) is 54.0 Å². The first kappa shape index (κ1) is 16.4. The maximum absolute atomic E-state index is 12.5. The fourth-order valence-corrected chi connectivity index (χ4v) is 2.94. The van der Waals surface area contributed by atoms with Crippen molar-refractivity contribution in [2.75, 3.05) is 43.4 Å². The Hall–Kier alpha value is -2.47. The maximum Gasteiger partial charge on any atom is 0.259 e. The van der Waals surface area contributed by atoms with Crippen LogP contribution in [0.4, 0.5) is 11.4 Å². The standard InChI is InChI=1S/C18H23N5O/c1-13-17(14(2)20-12-19-13)18(24)21-15-4-6-16(7-5-15)23-10-8-22(3)9-11-23/h4-7,12H,8-11H2,1-3H3,(H,21,24). The van der Waals surface area contributed by atoms with Gasteiger partial charge >= 0.3 is 0 Å². The monoisotopic (exact) mass is 325 g/mol. The quantitative estimate of drug-likeness (QED) is 0.936. The van der Waals surface area contributed by atoms with Gasteiger partial charge in [0, 0.05) is 37.6 Å². The summed E-state index contributed by atoms with van der Waals surface area (Å²) in [5, 5.41) is 2.93. The lowest BCUT2D eigenvalue weighted by atomic mass is 10.1. The summed E-state index contributed by atoms with van der Waals surface area (Å²) in [5.41, 5.74) is 3.89. The molecule has 0 spiro atoms. The molecule has 2 heterocycles. The van der Waals surface area contributed by atoms with E-state index in [0.717, 1.165) is 31.9 Å². The Bertz CT molecular complexity index is 700. The average molecular weight is 325 g/mol. The highest BCUT2D eigenvalue weighted by atomic mass is 16.1. The zero-order valence-corrected chi connectivity index (χ0v) is 14.4. The van der Waals surface area contributed by atoms with Crippen molar-refractivity contribution in [1.29, 1.82) is 0 Å². The number of likely N-dealkylation sites (N-methyl/N-ethyl adjacent to an activating group) is 1. The topological polar surface area (TPSA) is 61.4 Å². The summed E-state index contributed by atoms with van der Waals surface area (Å²) in [6, 6.07) is 8.00. The van der Waals surface area contributed by atoms with E-state index in [1.54, 1.807) is 0 Å². The van der Waals surface area contributed by atoms with Crippen LogP contribution in [0.3, 0.4) is 0 Å². The molecule has 1 N–H and O–H groups in total. The number of nitrogens with zero attached hydrogens (tertiary/aromatic N) is 4. The molecule has 0 aliphatic carbocycles. The predicted octanol–water partition coefficient (Wildman–Crippen LogP) is 2.10. The first-order valence-corrected chi connectivity index (χ1v) is 8.17. The number of amides is 1. The summed E-state index contributed by atoms with van der Waals surface area (Å²) in [5.74, 6) is -0.169. The third-order valence-electron chi connectivity index (χ3n) is 4.45. The molecule has 1 saturated heterocycles. The number of aryl methyl sites for hydroxylation is 2. The number of hydrogen-bond acceptors (Lipinski definition) is 5. The fourth-order valence-electron chi connectivity index (χ4n) is 2.94. The van der Waals surface area contributed by atoms with Gasteiger partial charge in [-0.25, -0.2) is 9.97 Å². The number of anilines is 2. The molecule has 1 fully saturated rings. The molecule has 6 heteroatoms. The summed E-state index contributed by atoms with van der Waals surface area (Å²) in [6.45, 7) is 7.85. The van der Waals surface area contributed by atoms with Gasteiger partial charge in [-0.3, -0.25) is 4.79 Å². The summed E-state index contributed by atoms with van der Waals surface area (Å²) < 4.78 is 0. The highest BCUT2D eigenvalue weighted by Gasteiger charge is 2.16. The van der Waals surface area contributed by atoms with Crippen molar-refractivity contribution in [2.24, 2.45) is 0 Å². The molecular weight excluding hydrogens is 302 g/mol. The summed E-state index contributed by atoms with van der Waals surface area (Å²) >= 11 is 0. The van der Waals surface area contributed by atoms with Gasteiger partial charge in [0.15, 0.2) is 0 Å². The van der Waals surface area contributed by atoms with E-state index in [9.17, 15) is 4.79 Å². The van der Waals surface area contributed by atoms with Crippen molar-refractivity contribution in [2.45, 2.75) is 13.8 Å². The van der Waals surface area contributed by atoms with E-state index in [1.165, 1.54) is 12.0 Å². The number of hydrogen-bond donors (Lipinski definition) is 1. The molecule has 1 aromatic carbocycles. The van der Waals surface area contributed by atoms with Crippen molar-refractivity contribution in [3.8, 4) is 0 Å². The van der Waals surface area contributed by atoms with Crippen LogP contribution in [0.1, 0.15) is 21.7 Å². The molecule has 0 radical (unpaired) electrons. The van der Waals surface area contributed by atoms with E-state index in [4.69, 9.17) is 0 Å². The number of benzene rings is 1. The molecule has 1 aliphatic rings. The van der Waals surface area contributed by atoms with E-state index in [-0.39, 0.29) is 5.91 Å². The second kappa shape index (κ2) is 6.97. The number of carbonyl (C=O) groups excluding carboxylic acids is 1. The number of piperazine rings is 1. The molecule has 0 atom stereocenters. The van der Waals surface area contributed by atoms with E-state index in [0.29, 0.717) is 17.0 Å². The van der Waals surface area contributed by atoms with Crippen molar-refractivity contribution >= 4 is 17.3 Å². The Kier molecular flexibility index (Phi) is 4.76. The van der Waals surface area contributed by atoms with Crippen LogP contribution < -0.4 is 10.2 Å². The van der Waals surface area contributed by atoms with Gasteiger partial charge in [-0.15, -0.1) is 0 Å². The van der Waals surface area contributed by atoms with Crippen LogP contribution in [0.5, 0.6) is 0 Å². The normalized spacial score (nSPS) is 15.4. The van der Waals surface area contributed by atoms with Crippen LogP contribution in [0.2, 0.25) is 0 Å². The Morgan fingerprint density at radius 3 is 2.17 bits per heavy atom. The van der Waals surface area contributed by atoms with Crippen LogP contribution in [0.25, 0.3) is 0 Å². The third-order valence-corrected chi connectivity index (χ3v) is 4.45. The number of nitrogens with one attached hydrogen (secondary N) is 1. The minimum absolute atomic E-state index is 0.169. The van der Waals surface area contributed by atoms with E-state index in [1.807, 2.05) is 26.0 Å². The van der Waals surface area contributed by atoms with Gasteiger partial charge in [-0.2, -0.15) is 0 Å². The summed E-state index contributed by atoms with van der Waals surface area (Å²) in [6.07, 6.45) is 1.48. The van der Waals surface area contributed by atoms with Crippen LogP contribution in [0, 0.1) is 13.8 Å². The molecule has 2 aromatic rings. The fraction of sp³-hybridized carbons (Fsp3) is 0.389. The molecule has 1 aromatic heterocycles. The lowest BCUT2D eigenvalue weighted by molar-refractivity contribution is 0.102. The Morgan fingerprint density at radius 1 is 1.00 bits per heavy atom. The van der Waals surface area contributed by atoms with E-state index >= 15 is 0 Å². The van der Waals surface area contributed by atoms with E-state index in [2.05, 4.69) is 44.3 Å². The van der Waals surface area contributed by atoms with Gasteiger partial charge < -0.3 is 15.1 Å². The molecule has 1 amide bonds. The van der Waals surface area contributed by atoms with Gasteiger partial charge in [0.25, 0.3) is 5.91 Å². The lowest BCUT2D eigenvalue weighted by Gasteiger charge is -2.34. The zero-order chi connectivity index (χ0) is 17.1. The second-order valence-electron chi connectivity index (χ2n) is 6.21. The minimum Gasteiger partial charge on any atom is -0.369 e. The van der Waals surface area contributed by atoms with Crippen molar-refractivity contribution in [3.05, 3.63) is 47.5 Å². The van der Waals surface area contributed by atoms with Gasteiger partial charge in [-0.05, 0) is 45.2 Å². The van der Waals surface area contributed by atoms with Gasteiger partial charge in [0.2, 0.25) is 0 Å². The third kappa shape index (κ3) is 3.54. The van der Waals surface area contributed by atoms with Gasteiger partial charge in [0.05, 0.1) is 17.0 Å². The molecule has 6 nitrogen and oxygen atoms in total. The minimum atomic E-state index is -0.169. The SMILES string of the molecule is Cc1ncnc(C)c1C(=O)Nc1ccc(N2CCN(C)CC2)cc1. The van der Waals surface area contributed by atoms with Gasteiger partial charge in [-0.1, -0.05) is 0 Å². The van der Waals surface area contributed by atoms with E-state index < -0.39 is 0 Å². The number of rotatable bonds is 3. The number of aromatic nitrogens is 2. The molecule has 0 bridgehead atoms. The smallest absolute Gasteiger partial charge is 0.259 e. The first-order chi connectivity index (χ1) is 11.5. The zero-order valence-electron chi connectivity index (χ0n) is 14.4. The Balaban J connectivity index is 1.69. The highest BCUT2D eigenvalue weighted by Crippen LogP contribution is 2.20. The Labute approximate surface area is 142 Å². The van der Waals surface area contributed by atoms with Crippen LogP contribution >= 0.6 is 0 Å². The first-order valence-electron chi connectivity index (χ1n) is 8.17. The second-order valence-corrected chi connectivity index (χ2v) is 6.21. The maximum atomic E-state index is 12.5. The number of carbonyl (C=O) groups is 1.